The van der Waals surface area contributed by atoms with Crippen LogP contribution in [0.3, 0.4) is 0 Å². The summed E-state index contributed by atoms with van der Waals surface area (Å²) in [6, 6.07) is 34.8. The maximum atomic E-state index is 4.71. The third-order valence-electron chi connectivity index (χ3n) is 7.92. The number of benzene rings is 3. The van der Waals surface area contributed by atoms with Gasteiger partial charge in [-0.1, -0.05) is 48.5 Å². The van der Waals surface area contributed by atoms with E-state index in [1.54, 1.807) is 0 Å². The molecule has 0 N–H and O–H groups in total. The highest BCUT2D eigenvalue weighted by molar-refractivity contribution is 6.06. The van der Waals surface area contributed by atoms with Crippen LogP contribution in [0.4, 0.5) is 0 Å². The van der Waals surface area contributed by atoms with Gasteiger partial charge in [0.05, 0.1) is 33.3 Å². The van der Waals surface area contributed by atoms with Crippen molar-refractivity contribution in [2.24, 2.45) is 0 Å². The van der Waals surface area contributed by atoms with Gasteiger partial charge in [0.2, 0.25) is 0 Å². The lowest BCUT2D eigenvalue weighted by molar-refractivity contribution is 0.965. The van der Waals surface area contributed by atoms with Gasteiger partial charge in [0.25, 0.3) is 0 Å². The quantitative estimate of drug-likeness (QED) is 0.244. The standard InChI is InChI=1S/C35H26N4/c1-3-9-30-28(7-1)34-32(11-5-21-36-34)38(30)26-17-13-24(14-18-26)23-25-15-19-27(20-16-25)39-31-10-4-2-8-29(31)35-33(39)12-6-22-37-35/h1,3-7,9-22H,2,8,23H2. The van der Waals surface area contributed by atoms with Crippen molar-refractivity contribution in [3.05, 3.63) is 138 Å². The molecule has 7 aromatic rings. The molecule has 0 bridgehead atoms. The zero-order valence-electron chi connectivity index (χ0n) is 21.5. The molecule has 4 nitrogen and oxygen atoms in total. The van der Waals surface area contributed by atoms with E-state index in [-0.39, 0.29) is 0 Å². The van der Waals surface area contributed by atoms with Crippen LogP contribution in [-0.2, 0) is 12.8 Å². The average molecular weight is 503 g/mol. The van der Waals surface area contributed by atoms with E-state index in [0.29, 0.717) is 0 Å². The normalized spacial score (nSPS) is 12.9. The molecule has 1 aliphatic rings. The highest BCUT2D eigenvalue weighted by atomic mass is 15.0. The monoisotopic (exact) mass is 502 g/mol. The van der Waals surface area contributed by atoms with Crippen molar-refractivity contribution in [1.29, 1.82) is 0 Å². The van der Waals surface area contributed by atoms with Crippen LogP contribution in [0.1, 0.15) is 28.8 Å². The Bertz CT molecular complexity index is 1970. The molecule has 0 radical (unpaired) electrons. The van der Waals surface area contributed by atoms with Crippen molar-refractivity contribution in [2.45, 2.75) is 19.3 Å². The van der Waals surface area contributed by atoms with Crippen molar-refractivity contribution in [3.63, 3.8) is 0 Å². The summed E-state index contributed by atoms with van der Waals surface area (Å²) in [6.45, 7) is 0. The molecule has 0 saturated carbocycles. The molecule has 4 aromatic heterocycles. The van der Waals surface area contributed by atoms with Crippen LogP contribution in [-0.4, -0.2) is 19.1 Å². The highest BCUT2D eigenvalue weighted by Gasteiger charge is 2.19. The molecule has 0 amide bonds. The largest absolute Gasteiger partial charge is 0.308 e. The fourth-order valence-electron chi connectivity index (χ4n) is 6.14. The van der Waals surface area contributed by atoms with Crippen LogP contribution < -0.4 is 0 Å². The van der Waals surface area contributed by atoms with Gasteiger partial charge in [0.15, 0.2) is 0 Å². The van der Waals surface area contributed by atoms with E-state index in [1.807, 2.05) is 24.5 Å². The Labute approximate surface area is 226 Å². The van der Waals surface area contributed by atoms with Gasteiger partial charge in [-0.3, -0.25) is 9.97 Å². The number of para-hydroxylation sites is 1. The number of hydrogen-bond donors (Lipinski definition) is 0. The van der Waals surface area contributed by atoms with Crippen LogP contribution >= 0.6 is 0 Å². The number of fused-ring (bicyclic) bond motifs is 6. The molecule has 0 saturated heterocycles. The lowest BCUT2D eigenvalue weighted by atomic mass is 10.0. The maximum absolute atomic E-state index is 4.71. The van der Waals surface area contributed by atoms with Gasteiger partial charge in [-0.05, 0) is 91.1 Å². The SMILES string of the molecule is C1=Cc2c(c3ncccc3n2-c2ccc(Cc3ccc(-n4c5ccccc5c5ncccc54)cc3)cc2)CC1. The molecule has 1 aliphatic carbocycles. The van der Waals surface area contributed by atoms with Crippen LogP contribution in [0, 0.1) is 0 Å². The number of aryl methyl sites for hydroxylation is 1. The van der Waals surface area contributed by atoms with Gasteiger partial charge in [-0.2, -0.15) is 0 Å². The van der Waals surface area contributed by atoms with Crippen molar-refractivity contribution < 1.29 is 0 Å². The second-order valence-electron chi connectivity index (χ2n) is 10.2. The molecule has 8 rings (SSSR count). The molecule has 4 heterocycles. The molecule has 0 atom stereocenters. The summed E-state index contributed by atoms with van der Waals surface area (Å²) in [4.78, 5) is 9.38. The van der Waals surface area contributed by atoms with Crippen LogP contribution in [0.2, 0.25) is 0 Å². The van der Waals surface area contributed by atoms with E-state index in [9.17, 15) is 0 Å². The van der Waals surface area contributed by atoms with Gasteiger partial charge >= 0.3 is 0 Å². The van der Waals surface area contributed by atoms with Crippen molar-refractivity contribution in [2.75, 3.05) is 0 Å². The van der Waals surface area contributed by atoms with Crippen LogP contribution in [0.15, 0.2) is 116 Å². The van der Waals surface area contributed by atoms with Gasteiger partial charge < -0.3 is 9.13 Å². The molecule has 0 spiro atoms. The first-order valence-corrected chi connectivity index (χ1v) is 13.5. The van der Waals surface area contributed by atoms with Gasteiger partial charge in [0.1, 0.15) is 0 Å². The third-order valence-corrected chi connectivity index (χ3v) is 7.92. The summed E-state index contributed by atoms with van der Waals surface area (Å²) in [6.07, 6.45) is 11.3. The van der Waals surface area contributed by atoms with E-state index in [2.05, 4.69) is 111 Å². The molecule has 39 heavy (non-hydrogen) atoms. The van der Waals surface area contributed by atoms with Crippen LogP contribution in [0.25, 0.3) is 50.4 Å². The van der Waals surface area contributed by atoms with E-state index in [1.165, 1.54) is 44.5 Å². The van der Waals surface area contributed by atoms with Crippen molar-refractivity contribution in [1.82, 2.24) is 19.1 Å². The molecule has 0 unspecified atom stereocenters. The zero-order chi connectivity index (χ0) is 25.8. The summed E-state index contributed by atoms with van der Waals surface area (Å²) in [5, 5.41) is 1.18. The first-order chi connectivity index (χ1) is 19.3. The molecule has 0 aliphatic heterocycles. The molecule has 3 aromatic carbocycles. The zero-order valence-corrected chi connectivity index (χ0v) is 21.5. The fourth-order valence-corrected chi connectivity index (χ4v) is 6.14. The Morgan fingerprint density at radius 3 is 1.95 bits per heavy atom. The van der Waals surface area contributed by atoms with E-state index in [0.717, 1.165) is 41.5 Å². The minimum absolute atomic E-state index is 0.890. The van der Waals surface area contributed by atoms with Gasteiger partial charge in [-0.15, -0.1) is 0 Å². The lowest BCUT2D eigenvalue weighted by Gasteiger charge is -2.13. The third kappa shape index (κ3) is 3.52. The minimum atomic E-state index is 0.890. The number of pyridine rings is 2. The van der Waals surface area contributed by atoms with E-state index >= 15 is 0 Å². The Morgan fingerprint density at radius 1 is 0.590 bits per heavy atom. The first-order valence-electron chi connectivity index (χ1n) is 13.5. The predicted octanol–water partition coefficient (Wildman–Crippen LogP) is 8.07. The number of rotatable bonds is 4. The molecule has 186 valence electrons. The molecular weight excluding hydrogens is 476 g/mol. The Morgan fingerprint density at radius 2 is 1.21 bits per heavy atom. The second-order valence-corrected chi connectivity index (χ2v) is 10.2. The summed E-state index contributed by atoms with van der Waals surface area (Å²) in [5.74, 6) is 0. The summed E-state index contributed by atoms with van der Waals surface area (Å²) in [5.41, 5.74) is 13.2. The Hall–Kier alpha value is -4.96. The fraction of sp³-hybridized carbons (Fsp3) is 0.0857. The van der Waals surface area contributed by atoms with Gasteiger partial charge in [-0.25, -0.2) is 0 Å². The maximum Gasteiger partial charge on any atom is 0.0963 e. The lowest BCUT2D eigenvalue weighted by Crippen LogP contribution is -2.00. The van der Waals surface area contributed by atoms with Crippen LogP contribution in [0.5, 0.6) is 0 Å². The molecule has 4 heteroatoms. The Kier molecular flexibility index (Phi) is 4.99. The minimum Gasteiger partial charge on any atom is -0.308 e. The smallest absolute Gasteiger partial charge is 0.0963 e. The number of allylic oxidation sites excluding steroid dienone is 1. The molecular formula is C35H26N4. The second kappa shape index (κ2) is 8.81. The number of nitrogens with zero attached hydrogens (tertiary/aromatic N) is 4. The number of hydrogen-bond acceptors (Lipinski definition) is 2. The Balaban J connectivity index is 1.11. The summed E-state index contributed by atoms with van der Waals surface area (Å²) < 4.78 is 4.66. The first kappa shape index (κ1) is 22.1. The average Bonchev–Trinajstić information content (AvgIpc) is 3.51. The number of aromatic nitrogens is 4. The molecule has 0 fully saturated rings. The van der Waals surface area contributed by atoms with Crippen molar-refractivity contribution >= 4 is 39.0 Å². The summed E-state index contributed by atoms with van der Waals surface area (Å²) >= 11 is 0. The summed E-state index contributed by atoms with van der Waals surface area (Å²) in [7, 11) is 0. The topological polar surface area (TPSA) is 35.6 Å². The predicted molar refractivity (Wildman–Crippen MR) is 160 cm³/mol. The van der Waals surface area contributed by atoms with Crippen molar-refractivity contribution in [3.8, 4) is 11.4 Å². The van der Waals surface area contributed by atoms with E-state index < -0.39 is 0 Å². The van der Waals surface area contributed by atoms with Gasteiger partial charge in [0, 0.05) is 34.7 Å². The van der Waals surface area contributed by atoms with E-state index in [4.69, 9.17) is 4.98 Å². The highest BCUT2D eigenvalue weighted by Crippen LogP contribution is 2.33.